The Balaban J connectivity index is 1.14. The summed E-state index contributed by atoms with van der Waals surface area (Å²) < 4.78 is 1.29. The predicted octanol–water partition coefficient (Wildman–Crippen LogP) is 4.36. The zero-order valence-corrected chi connectivity index (χ0v) is 20.5. The van der Waals surface area contributed by atoms with Crippen molar-refractivity contribution in [2.24, 2.45) is 7.05 Å². The van der Waals surface area contributed by atoms with E-state index in [0.29, 0.717) is 17.4 Å². The number of anilines is 2. The number of hydrogen-bond donors (Lipinski definition) is 1. The van der Waals surface area contributed by atoms with Gasteiger partial charge in [0.15, 0.2) is 0 Å². The number of aromatic nitrogens is 3. The zero-order chi connectivity index (χ0) is 24.5. The number of rotatable bonds is 5. The van der Waals surface area contributed by atoms with Gasteiger partial charge in [-0.1, -0.05) is 66.7 Å². The Morgan fingerprint density at radius 3 is 2.33 bits per heavy atom. The number of fused-ring (bicyclic) bond motifs is 1. The van der Waals surface area contributed by atoms with E-state index in [-0.39, 0.29) is 5.69 Å². The zero-order valence-electron chi connectivity index (χ0n) is 20.5. The van der Waals surface area contributed by atoms with Gasteiger partial charge in [-0.15, -0.1) is 0 Å². The first-order valence-electron chi connectivity index (χ1n) is 12.6. The van der Waals surface area contributed by atoms with E-state index in [2.05, 4.69) is 73.7 Å². The lowest BCUT2D eigenvalue weighted by Gasteiger charge is -2.37. The van der Waals surface area contributed by atoms with E-state index >= 15 is 0 Å². The van der Waals surface area contributed by atoms with Gasteiger partial charge in [-0.2, -0.15) is 10.1 Å². The highest BCUT2D eigenvalue weighted by molar-refractivity contribution is 5.77. The number of aryl methyl sites for hydroxylation is 1. The normalized spacial score (nSPS) is 16.1. The molecule has 3 heterocycles. The molecule has 0 amide bonds. The Labute approximate surface area is 211 Å². The van der Waals surface area contributed by atoms with Gasteiger partial charge in [0.1, 0.15) is 11.4 Å². The molecule has 7 nitrogen and oxygen atoms in total. The molecule has 0 spiro atoms. The van der Waals surface area contributed by atoms with E-state index < -0.39 is 0 Å². The highest BCUT2D eigenvalue weighted by Gasteiger charge is 2.28. The van der Waals surface area contributed by atoms with Crippen molar-refractivity contribution in [3.63, 3.8) is 0 Å². The van der Waals surface area contributed by atoms with Crippen LogP contribution in [-0.2, 0) is 13.6 Å². The van der Waals surface area contributed by atoms with Crippen LogP contribution in [0.5, 0.6) is 0 Å². The molecule has 1 saturated heterocycles. The topological polar surface area (TPSA) is 66.3 Å². The molecule has 0 atom stereocenters. The first kappa shape index (κ1) is 22.5. The molecule has 1 N–H and O–H groups in total. The Kier molecular flexibility index (Phi) is 5.99. The van der Waals surface area contributed by atoms with Crippen molar-refractivity contribution in [3.05, 3.63) is 94.9 Å². The SMILES string of the molecule is Cn1nc(-c2ccccc2)c(-c2ccc(CN3CCC(N4CNc5ccccc54)CC3)cc2)nc1=O. The molecule has 0 saturated carbocycles. The molecule has 36 heavy (non-hydrogen) atoms. The van der Waals surface area contributed by atoms with Crippen LogP contribution in [0.4, 0.5) is 11.4 Å². The lowest BCUT2D eigenvalue weighted by Crippen LogP contribution is -2.44. The van der Waals surface area contributed by atoms with Crippen LogP contribution in [0, 0.1) is 0 Å². The predicted molar refractivity (Wildman–Crippen MR) is 144 cm³/mol. The lowest BCUT2D eigenvalue weighted by atomic mass is 10.0. The van der Waals surface area contributed by atoms with E-state index in [1.807, 2.05) is 30.3 Å². The quantitative estimate of drug-likeness (QED) is 0.460. The first-order chi connectivity index (χ1) is 17.7. The minimum atomic E-state index is -0.354. The smallest absolute Gasteiger partial charge is 0.364 e. The van der Waals surface area contributed by atoms with Crippen molar-refractivity contribution in [1.29, 1.82) is 0 Å². The molecule has 3 aromatic carbocycles. The van der Waals surface area contributed by atoms with Crippen molar-refractivity contribution >= 4 is 11.4 Å². The van der Waals surface area contributed by atoms with Crippen molar-refractivity contribution in [2.75, 3.05) is 30.0 Å². The molecular weight excluding hydrogens is 448 g/mol. The molecule has 0 bridgehead atoms. The summed E-state index contributed by atoms with van der Waals surface area (Å²) in [7, 11) is 1.64. The van der Waals surface area contributed by atoms with Crippen LogP contribution in [0.3, 0.4) is 0 Å². The molecule has 182 valence electrons. The third-order valence-electron chi connectivity index (χ3n) is 7.29. The summed E-state index contributed by atoms with van der Waals surface area (Å²) in [6.45, 7) is 4.00. The van der Waals surface area contributed by atoms with E-state index in [0.717, 1.165) is 50.3 Å². The second-order valence-corrected chi connectivity index (χ2v) is 9.61. The van der Waals surface area contributed by atoms with Gasteiger partial charge in [0.05, 0.1) is 18.0 Å². The first-order valence-corrected chi connectivity index (χ1v) is 12.6. The number of likely N-dealkylation sites (tertiary alicyclic amines) is 1. The maximum absolute atomic E-state index is 12.3. The Morgan fingerprint density at radius 1 is 0.861 bits per heavy atom. The molecule has 2 aliphatic rings. The Morgan fingerprint density at radius 2 is 1.56 bits per heavy atom. The summed E-state index contributed by atoms with van der Waals surface area (Å²) in [4.78, 5) is 21.7. The molecule has 1 aromatic heterocycles. The summed E-state index contributed by atoms with van der Waals surface area (Å²) in [5, 5.41) is 8.03. The summed E-state index contributed by atoms with van der Waals surface area (Å²) in [5.41, 5.74) is 6.68. The van der Waals surface area contributed by atoms with Gasteiger partial charge in [-0.3, -0.25) is 4.90 Å². The van der Waals surface area contributed by atoms with Gasteiger partial charge in [-0.05, 0) is 30.5 Å². The third-order valence-corrected chi connectivity index (χ3v) is 7.29. The number of hydrogen-bond acceptors (Lipinski definition) is 6. The van der Waals surface area contributed by atoms with Crippen LogP contribution in [-0.4, -0.2) is 45.5 Å². The van der Waals surface area contributed by atoms with Crippen LogP contribution < -0.4 is 15.9 Å². The minimum Gasteiger partial charge on any atom is -0.366 e. The minimum absolute atomic E-state index is 0.354. The van der Waals surface area contributed by atoms with Crippen molar-refractivity contribution in [1.82, 2.24) is 19.7 Å². The second-order valence-electron chi connectivity index (χ2n) is 9.61. The molecule has 4 aromatic rings. The van der Waals surface area contributed by atoms with Crippen molar-refractivity contribution in [3.8, 4) is 22.5 Å². The fourth-order valence-electron chi connectivity index (χ4n) is 5.32. The molecule has 0 unspecified atom stereocenters. The summed E-state index contributed by atoms with van der Waals surface area (Å²) in [6, 6.07) is 27.5. The fourth-order valence-corrected chi connectivity index (χ4v) is 5.32. The van der Waals surface area contributed by atoms with E-state index in [9.17, 15) is 4.79 Å². The van der Waals surface area contributed by atoms with Crippen LogP contribution in [0.15, 0.2) is 83.7 Å². The maximum atomic E-state index is 12.3. The average molecular weight is 479 g/mol. The number of piperidine rings is 1. The van der Waals surface area contributed by atoms with Gasteiger partial charge in [0.25, 0.3) is 0 Å². The van der Waals surface area contributed by atoms with Crippen LogP contribution in [0.1, 0.15) is 18.4 Å². The van der Waals surface area contributed by atoms with Gasteiger partial charge >= 0.3 is 5.69 Å². The van der Waals surface area contributed by atoms with Crippen LogP contribution in [0.25, 0.3) is 22.5 Å². The molecule has 2 aliphatic heterocycles. The molecule has 1 fully saturated rings. The van der Waals surface area contributed by atoms with E-state index in [4.69, 9.17) is 0 Å². The van der Waals surface area contributed by atoms with Crippen LogP contribution >= 0.6 is 0 Å². The van der Waals surface area contributed by atoms with Crippen molar-refractivity contribution < 1.29 is 0 Å². The van der Waals surface area contributed by atoms with Gasteiger partial charge in [-0.25, -0.2) is 9.48 Å². The molecule has 0 radical (unpaired) electrons. The van der Waals surface area contributed by atoms with Gasteiger partial charge in [0.2, 0.25) is 0 Å². The summed E-state index contributed by atoms with van der Waals surface area (Å²) in [5.74, 6) is 0. The van der Waals surface area contributed by atoms with Crippen molar-refractivity contribution in [2.45, 2.75) is 25.4 Å². The van der Waals surface area contributed by atoms with E-state index in [1.165, 1.54) is 21.6 Å². The summed E-state index contributed by atoms with van der Waals surface area (Å²) >= 11 is 0. The molecular formula is C29H30N6O. The third kappa shape index (κ3) is 4.38. The second kappa shape index (κ2) is 9.59. The largest absolute Gasteiger partial charge is 0.366 e. The Bertz CT molecular complexity index is 1410. The Hall–Kier alpha value is -3.97. The number of nitrogens with one attached hydrogen (secondary N) is 1. The lowest BCUT2D eigenvalue weighted by molar-refractivity contribution is 0.202. The summed E-state index contributed by atoms with van der Waals surface area (Å²) in [6.07, 6.45) is 2.33. The monoisotopic (exact) mass is 478 g/mol. The maximum Gasteiger partial charge on any atom is 0.364 e. The number of benzene rings is 3. The van der Waals surface area contributed by atoms with Gasteiger partial charge in [0, 0.05) is 43.9 Å². The fraction of sp³-hybridized carbons (Fsp3) is 0.276. The highest BCUT2D eigenvalue weighted by atomic mass is 16.1. The number of para-hydroxylation sites is 2. The number of nitrogens with zero attached hydrogens (tertiary/aromatic N) is 5. The molecule has 6 rings (SSSR count). The van der Waals surface area contributed by atoms with Crippen LogP contribution in [0.2, 0.25) is 0 Å². The highest BCUT2D eigenvalue weighted by Crippen LogP contribution is 2.35. The van der Waals surface area contributed by atoms with E-state index in [1.54, 1.807) is 7.05 Å². The average Bonchev–Trinajstić information content (AvgIpc) is 3.36. The van der Waals surface area contributed by atoms with Gasteiger partial charge < -0.3 is 10.2 Å². The standard InChI is InChI=1S/C29H30N6O/c1-33-29(36)31-27(28(32-33)22-7-3-2-4-8-22)23-13-11-21(12-14-23)19-34-17-15-24(16-18-34)35-20-30-25-9-5-6-10-26(25)35/h2-14,24,30H,15-20H2,1H3. The molecule has 7 heteroatoms. The molecule has 0 aliphatic carbocycles.